The van der Waals surface area contributed by atoms with Gasteiger partial charge in [-0.2, -0.15) is 13.2 Å². The maximum atomic E-state index is 14.0. The Hall–Kier alpha value is -1.84. The molecule has 1 atom stereocenters. The van der Waals surface area contributed by atoms with E-state index >= 15 is 0 Å². The van der Waals surface area contributed by atoms with E-state index in [4.69, 9.17) is 18.9 Å². The lowest BCUT2D eigenvalue weighted by atomic mass is 9.55. The molecule has 0 N–H and O–H groups in total. The molecule has 4 saturated carbocycles. The molecule has 38 heavy (non-hydrogen) atoms. The molecule has 6 rings (SSSR count). The Kier molecular flexibility index (Phi) is 8.00. The number of nitrogens with zero attached hydrogens (tertiary/aromatic N) is 1. The second-order valence-electron chi connectivity index (χ2n) is 12.6. The second-order valence-corrected chi connectivity index (χ2v) is 12.6. The molecule has 1 saturated heterocycles. The van der Waals surface area contributed by atoms with Crippen molar-refractivity contribution in [2.45, 2.75) is 71.4 Å². The van der Waals surface area contributed by atoms with E-state index in [1.165, 1.54) is 6.42 Å². The first-order valence-electron chi connectivity index (χ1n) is 14.0. The van der Waals surface area contributed by atoms with Gasteiger partial charge in [-0.3, -0.25) is 4.90 Å². The predicted octanol–water partition coefficient (Wildman–Crippen LogP) is 5.79. The van der Waals surface area contributed by atoms with E-state index in [0.29, 0.717) is 31.6 Å². The van der Waals surface area contributed by atoms with Crippen LogP contribution in [0.3, 0.4) is 0 Å². The molecule has 9 heteroatoms. The van der Waals surface area contributed by atoms with Gasteiger partial charge < -0.3 is 18.9 Å². The van der Waals surface area contributed by atoms with E-state index in [1.807, 2.05) is 20.8 Å². The van der Waals surface area contributed by atoms with E-state index in [9.17, 15) is 18.0 Å². The number of carbonyl (C=O) groups excluding carboxylic acids is 1. The zero-order valence-corrected chi connectivity index (χ0v) is 22.6. The Morgan fingerprint density at radius 2 is 1.66 bits per heavy atom. The molecule has 1 unspecified atom stereocenters. The summed E-state index contributed by atoms with van der Waals surface area (Å²) >= 11 is 0. The molecule has 1 aromatic rings. The Labute approximate surface area is 223 Å². The highest BCUT2D eigenvalue weighted by atomic mass is 19.4. The van der Waals surface area contributed by atoms with E-state index < -0.39 is 35.2 Å². The molecule has 4 bridgehead atoms. The van der Waals surface area contributed by atoms with Crippen LogP contribution in [0, 0.1) is 29.1 Å². The zero-order valence-electron chi connectivity index (χ0n) is 22.6. The third kappa shape index (κ3) is 6.31. The predicted molar refractivity (Wildman–Crippen MR) is 135 cm³/mol. The summed E-state index contributed by atoms with van der Waals surface area (Å²) in [6, 6.07) is 3.20. The number of ether oxygens (including phenoxy) is 4. The van der Waals surface area contributed by atoms with Crippen molar-refractivity contribution in [1.82, 2.24) is 4.90 Å². The van der Waals surface area contributed by atoms with E-state index in [0.717, 1.165) is 68.8 Å². The van der Waals surface area contributed by atoms with Crippen molar-refractivity contribution in [1.29, 1.82) is 0 Å². The average Bonchev–Trinajstić information content (AvgIpc) is 2.84. The van der Waals surface area contributed by atoms with Gasteiger partial charge in [0.2, 0.25) is 6.29 Å². The summed E-state index contributed by atoms with van der Waals surface area (Å²) in [5.74, 6) is 1.32. The number of alkyl halides is 3. The molecule has 0 aromatic heterocycles. The van der Waals surface area contributed by atoms with Gasteiger partial charge in [-0.1, -0.05) is 20.8 Å². The van der Waals surface area contributed by atoms with E-state index in [-0.39, 0.29) is 18.3 Å². The van der Waals surface area contributed by atoms with Gasteiger partial charge in [0.25, 0.3) is 0 Å². The van der Waals surface area contributed by atoms with Crippen LogP contribution >= 0.6 is 0 Å². The summed E-state index contributed by atoms with van der Waals surface area (Å²) in [5.41, 5.74) is -1.48. The fraction of sp³-hybridized carbons (Fsp3) is 0.759. The van der Waals surface area contributed by atoms with Crippen molar-refractivity contribution in [3.8, 4) is 5.75 Å². The quantitative estimate of drug-likeness (QED) is 0.308. The number of hydrogen-bond donors (Lipinski definition) is 0. The highest BCUT2D eigenvalue weighted by molar-refractivity contribution is 5.90. The lowest BCUT2D eigenvalue weighted by molar-refractivity contribution is -0.229. The Morgan fingerprint density at radius 3 is 2.24 bits per heavy atom. The molecule has 0 amide bonds. The van der Waals surface area contributed by atoms with Gasteiger partial charge in [0.05, 0.1) is 30.4 Å². The number of hydrogen-bond acceptors (Lipinski definition) is 6. The van der Waals surface area contributed by atoms with Crippen LogP contribution < -0.4 is 4.74 Å². The highest BCUT2D eigenvalue weighted by Gasteiger charge is 2.50. The summed E-state index contributed by atoms with van der Waals surface area (Å²) in [5, 5.41) is 0. The summed E-state index contributed by atoms with van der Waals surface area (Å²) in [4.78, 5) is 14.9. The average molecular weight is 540 g/mol. The van der Waals surface area contributed by atoms with E-state index in [2.05, 4.69) is 4.90 Å². The SMILES string of the molecule is CC(C)(C)C(Oc1cc(C(=O)OCCN2CCOCC2)ccc1C(F)(F)F)OC1C2CC3CC(C2)CC1C3. The van der Waals surface area contributed by atoms with Crippen LogP contribution in [0.5, 0.6) is 5.75 Å². The Morgan fingerprint density at radius 1 is 1.03 bits per heavy atom. The van der Waals surface area contributed by atoms with Crippen LogP contribution in [0.4, 0.5) is 13.2 Å². The summed E-state index contributed by atoms with van der Waals surface area (Å²) in [6.07, 6.45) is 0.306. The normalized spacial score (nSPS) is 30.3. The fourth-order valence-corrected chi connectivity index (χ4v) is 6.92. The molecule has 212 valence electrons. The van der Waals surface area contributed by atoms with Crippen LogP contribution in [0.2, 0.25) is 0 Å². The van der Waals surface area contributed by atoms with Crippen molar-refractivity contribution in [2.24, 2.45) is 29.1 Å². The molecular weight excluding hydrogens is 499 g/mol. The third-order valence-corrected chi connectivity index (χ3v) is 8.63. The lowest BCUT2D eigenvalue weighted by Crippen LogP contribution is -2.52. The minimum Gasteiger partial charge on any atom is -0.464 e. The van der Waals surface area contributed by atoms with Gasteiger partial charge in [-0.15, -0.1) is 0 Å². The summed E-state index contributed by atoms with van der Waals surface area (Å²) < 4.78 is 65.3. The maximum absolute atomic E-state index is 14.0. The molecule has 5 fully saturated rings. The molecule has 6 nitrogen and oxygen atoms in total. The monoisotopic (exact) mass is 539 g/mol. The molecule has 4 aliphatic carbocycles. The first-order valence-corrected chi connectivity index (χ1v) is 14.0. The number of halogens is 3. The maximum Gasteiger partial charge on any atom is 0.419 e. The van der Waals surface area contributed by atoms with Crippen LogP contribution in [-0.4, -0.2) is 62.7 Å². The van der Waals surface area contributed by atoms with Gasteiger partial charge in [-0.25, -0.2) is 4.79 Å². The molecular formula is C29H40F3NO5. The van der Waals surface area contributed by atoms with Crippen LogP contribution in [0.1, 0.15) is 68.8 Å². The molecule has 1 aromatic carbocycles. The molecule has 1 heterocycles. The van der Waals surface area contributed by atoms with Crippen LogP contribution in [0.25, 0.3) is 0 Å². The van der Waals surface area contributed by atoms with Crippen molar-refractivity contribution in [3.63, 3.8) is 0 Å². The molecule has 0 radical (unpaired) electrons. The van der Waals surface area contributed by atoms with Crippen LogP contribution in [-0.2, 0) is 20.4 Å². The lowest BCUT2D eigenvalue weighted by Gasteiger charge is -2.55. The summed E-state index contributed by atoms with van der Waals surface area (Å²) in [7, 11) is 0. The largest absolute Gasteiger partial charge is 0.464 e. The van der Waals surface area contributed by atoms with Crippen molar-refractivity contribution >= 4 is 5.97 Å². The minimum absolute atomic E-state index is 0.00491. The van der Waals surface area contributed by atoms with Gasteiger partial charge in [-0.05, 0) is 74.0 Å². The van der Waals surface area contributed by atoms with Gasteiger partial charge >= 0.3 is 12.1 Å². The van der Waals surface area contributed by atoms with E-state index in [1.54, 1.807) is 0 Å². The van der Waals surface area contributed by atoms with Crippen molar-refractivity contribution in [2.75, 3.05) is 39.5 Å². The number of rotatable bonds is 8. The number of esters is 1. The Bertz CT molecular complexity index is 957. The highest BCUT2D eigenvalue weighted by Crippen LogP contribution is 2.55. The zero-order chi connectivity index (χ0) is 27.1. The van der Waals surface area contributed by atoms with Gasteiger partial charge in [0, 0.05) is 25.0 Å². The molecule has 1 aliphatic heterocycles. The van der Waals surface area contributed by atoms with Gasteiger partial charge in [0.15, 0.2) is 0 Å². The smallest absolute Gasteiger partial charge is 0.419 e. The van der Waals surface area contributed by atoms with Crippen LogP contribution in [0.15, 0.2) is 18.2 Å². The first kappa shape index (κ1) is 27.7. The number of benzene rings is 1. The number of morpholine rings is 1. The first-order chi connectivity index (χ1) is 18.0. The topological polar surface area (TPSA) is 57.2 Å². The second kappa shape index (κ2) is 11.0. The number of carbonyl (C=O) groups is 1. The Balaban J connectivity index is 1.31. The molecule has 5 aliphatic rings. The molecule has 0 spiro atoms. The standard InChI is InChI=1S/C29H40F3NO5/c1-28(2,3)27(38-25-21-13-18-12-19(15-21)16-22(25)14-18)37-24-17-20(4-5-23(24)29(30,31)32)26(34)36-11-8-33-6-9-35-10-7-33/h4-5,17-19,21-22,25,27H,6-16H2,1-3H3. The minimum atomic E-state index is -4.64. The van der Waals surface area contributed by atoms with Crippen molar-refractivity contribution < 1.29 is 36.9 Å². The van der Waals surface area contributed by atoms with Gasteiger partial charge in [0.1, 0.15) is 12.4 Å². The summed E-state index contributed by atoms with van der Waals surface area (Å²) in [6.45, 7) is 9.20. The van der Waals surface area contributed by atoms with Crippen molar-refractivity contribution in [3.05, 3.63) is 29.3 Å². The fourth-order valence-electron chi connectivity index (χ4n) is 6.92. The third-order valence-electron chi connectivity index (χ3n) is 8.63.